The molecule has 0 aliphatic carbocycles. The van der Waals surface area contributed by atoms with Crippen molar-refractivity contribution in [2.45, 2.75) is 58.6 Å². The number of nitrogens with zero attached hydrogens (tertiary/aromatic N) is 1. The molecule has 1 aromatic rings. The summed E-state index contributed by atoms with van der Waals surface area (Å²) < 4.78 is 5.18. The van der Waals surface area contributed by atoms with Crippen molar-refractivity contribution in [3.63, 3.8) is 0 Å². The molecule has 1 unspecified atom stereocenters. The van der Waals surface area contributed by atoms with Crippen molar-refractivity contribution in [3.05, 3.63) is 35.4 Å². The van der Waals surface area contributed by atoms with E-state index < -0.39 is 29.5 Å². The number of fused-ring (bicyclic) bond motifs is 1. The predicted molar refractivity (Wildman–Crippen MR) is 95.7 cm³/mol. The fourth-order valence-corrected chi connectivity index (χ4v) is 2.54. The molecule has 0 aromatic heterocycles. The zero-order valence-electron chi connectivity index (χ0n) is 15.9. The van der Waals surface area contributed by atoms with Gasteiger partial charge in [-0.05, 0) is 45.7 Å². The Bertz CT molecular complexity index is 718. The molecule has 0 bridgehead atoms. The van der Waals surface area contributed by atoms with Crippen molar-refractivity contribution in [3.8, 4) is 0 Å². The van der Waals surface area contributed by atoms with Crippen molar-refractivity contribution >= 4 is 23.9 Å². The molecule has 27 heavy (non-hydrogen) atoms. The van der Waals surface area contributed by atoms with Crippen LogP contribution in [0.1, 0.15) is 67.7 Å². The lowest BCUT2D eigenvalue weighted by molar-refractivity contribution is -0.168. The summed E-state index contributed by atoms with van der Waals surface area (Å²) >= 11 is 0. The lowest BCUT2D eigenvalue weighted by Crippen LogP contribution is -2.39. The van der Waals surface area contributed by atoms with E-state index in [2.05, 4.69) is 5.32 Å². The standard InChI is InChI=1S/C19H24N2O6/c1-5-12(20-18(25)26-19(2,3)4)10-11-15(22)27-21-16(23)13-8-6-7-9-14(13)17(21)24/h6-9,12H,5,10-11H2,1-4H3,(H,20,25). The molecule has 0 saturated heterocycles. The van der Waals surface area contributed by atoms with Gasteiger partial charge in [-0.1, -0.05) is 24.1 Å². The van der Waals surface area contributed by atoms with Gasteiger partial charge in [0, 0.05) is 12.5 Å². The van der Waals surface area contributed by atoms with Crippen LogP contribution in [0.4, 0.5) is 4.79 Å². The third kappa shape index (κ3) is 5.29. The molecule has 0 saturated carbocycles. The van der Waals surface area contributed by atoms with Crippen molar-refractivity contribution in [1.29, 1.82) is 0 Å². The van der Waals surface area contributed by atoms with Crippen molar-refractivity contribution in [1.82, 2.24) is 10.4 Å². The van der Waals surface area contributed by atoms with Gasteiger partial charge in [0.05, 0.1) is 11.1 Å². The second kappa shape index (κ2) is 8.20. The van der Waals surface area contributed by atoms with E-state index >= 15 is 0 Å². The first-order chi connectivity index (χ1) is 12.6. The van der Waals surface area contributed by atoms with Gasteiger partial charge in [0.2, 0.25) is 0 Å². The molecule has 2 rings (SSSR count). The number of ether oxygens (including phenoxy) is 1. The fourth-order valence-electron chi connectivity index (χ4n) is 2.54. The smallest absolute Gasteiger partial charge is 0.407 e. The van der Waals surface area contributed by atoms with Crippen LogP contribution < -0.4 is 5.32 Å². The van der Waals surface area contributed by atoms with Gasteiger partial charge >= 0.3 is 12.1 Å². The number of alkyl carbamates (subject to hydrolysis) is 1. The van der Waals surface area contributed by atoms with Gasteiger partial charge in [0.25, 0.3) is 11.8 Å². The first-order valence-electron chi connectivity index (χ1n) is 8.80. The SMILES string of the molecule is CCC(CCC(=O)ON1C(=O)c2ccccc2C1=O)NC(=O)OC(C)(C)C. The Labute approximate surface area is 157 Å². The van der Waals surface area contributed by atoms with Crippen molar-refractivity contribution in [2.75, 3.05) is 0 Å². The molecule has 8 heteroatoms. The molecule has 0 spiro atoms. The molecule has 3 amide bonds. The minimum absolute atomic E-state index is 0.0677. The van der Waals surface area contributed by atoms with Crippen LogP contribution in [0.3, 0.4) is 0 Å². The number of benzene rings is 1. The monoisotopic (exact) mass is 376 g/mol. The van der Waals surface area contributed by atoms with E-state index in [4.69, 9.17) is 9.57 Å². The highest BCUT2D eigenvalue weighted by Gasteiger charge is 2.38. The van der Waals surface area contributed by atoms with E-state index in [1.165, 1.54) is 12.1 Å². The Kier molecular flexibility index (Phi) is 6.20. The van der Waals surface area contributed by atoms with E-state index in [0.29, 0.717) is 11.5 Å². The van der Waals surface area contributed by atoms with Crippen LogP contribution in [0, 0.1) is 0 Å². The molecule has 0 fully saturated rings. The summed E-state index contributed by atoms with van der Waals surface area (Å²) in [7, 11) is 0. The lowest BCUT2D eigenvalue weighted by atomic mass is 10.1. The largest absolute Gasteiger partial charge is 0.444 e. The van der Waals surface area contributed by atoms with Crippen LogP contribution in [-0.2, 0) is 14.4 Å². The van der Waals surface area contributed by atoms with Crippen LogP contribution in [-0.4, -0.2) is 40.6 Å². The third-order valence-electron chi connectivity index (χ3n) is 3.86. The van der Waals surface area contributed by atoms with Gasteiger partial charge in [0.1, 0.15) is 5.60 Å². The maximum absolute atomic E-state index is 12.2. The first-order valence-corrected chi connectivity index (χ1v) is 8.80. The van der Waals surface area contributed by atoms with E-state index in [1.807, 2.05) is 6.92 Å². The number of hydrogen-bond acceptors (Lipinski definition) is 6. The van der Waals surface area contributed by atoms with E-state index in [9.17, 15) is 19.2 Å². The molecule has 1 atom stereocenters. The highest BCUT2D eigenvalue weighted by molar-refractivity contribution is 6.20. The Morgan fingerprint density at radius 1 is 1.11 bits per heavy atom. The van der Waals surface area contributed by atoms with Gasteiger partial charge in [-0.3, -0.25) is 9.59 Å². The van der Waals surface area contributed by atoms with Crippen LogP contribution in [0.5, 0.6) is 0 Å². The molecule has 1 heterocycles. The maximum atomic E-state index is 12.2. The topological polar surface area (TPSA) is 102 Å². The Hall–Kier alpha value is -2.90. The number of carbonyl (C=O) groups excluding carboxylic acids is 4. The van der Waals surface area contributed by atoms with E-state index in [1.54, 1.807) is 32.9 Å². The zero-order chi connectivity index (χ0) is 20.2. The van der Waals surface area contributed by atoms with E-state index in [0.717, 1.165) is 0 Å². The van der Waals surface area contributed by atoms with Gasteiger partial charge in [-0.15, -0.1) is 0 Å². The number of carbonyl (C=O) groups is 4. The summed E-state index contributed by atoms with van der Waals surface area (Å²) in [5, 5.41) is 3.17. The summed E-state index contributed by atoms with van der Waals surface area (Å²) in [5.41, 5.74) is -0.214. The predicted octanol–water partition coefficient (Wildman–Crippen LogP) is 2.82. The number of rotatable bonds is 6. The van der Waals surface area contributed by atoms with Gasteiger partial charge < -0.3 is 14.9 Å². The number of nitrogens with one attached hydrogen (secondary N) is 1. The van der Waals surface area contributed by atoms with Crippen molar-refractivity contribution in [2.24, 2.45) is 0 Å². The molecule has 0 radical (unpaired) electrons. The van der Waals surface area contributed by atoms with Crippen LogP contribution >= 0.6 is 0 Å². The maximum Gasteiger partial charge on any atom is 0.407 e. The average Bonchev–Trinajstić information content (AvgIpc) is 2.82. The summed E-state index contributed by atoms with van der Waals surface area (Å²) in [4.78, 5) is 53.2. The number of amides is 3. The molecule has 1 aliphatic rings. The molecule has 1 aromatic carbocycles. The van der Waals surface area contributed by atoms with Crippen LogP contribution in [0.15, 0.2) is 24.3 Å². The second-order valence-corrected chi connectivity index (χ2v) is 7.20. The lowest BCUT2D eigenvalue weighted by Gasteiger charge is -2.23. The minimum atomic E-state index is -0.728. The average molecular weight is 376 g/mol. The van der Waals surface area contributed by atoms with Gasteiger partial charge in [-0.2, -0.15) is 0 Å². The van der Waals surface area contributed by atoms with Gasteiger partial charge in [-0.25, -0.2) is 9.59 Å². The second-order valence-electron chi connectivity index (χ2n) is 7.20. The summed E-state index contributed by atoms with van der Waals surface area (Å²) in [5.74, 6) is -2.06. The number of hydrogen-bond donors (Lipinski definition) is 1. The quantitative estimate of drug-likeness (QED) is 0.766. The summed E-state index contributed by atoms with van der Waals surface area (Å²) in [6, 6.07) is 5.96. The molecule has 146 valence electrons. The molecule has 1 N–H and O–H groups in total. The zero-order valence-corrected chi connectivity index (χ0v) is 15.9. The van der Waals surface area contributed by atoms with Gasteiger partial charge in [0.15, 0.2) is 0 Å². The highest BCUT2D eigenvalue weighted by atomic mass is 16.7. The van der Waals surface area contributed by atoms with Crippen LogP contribution in [0.2, 0.25) is 0 Å². The summed E-state index contributed by atoms with van der Waals surface area (Å²) in [6.45, 7) is 7.13. The Balaban J connectivity index is 1.86. The first kappa shape index (κ1) is 20.4. The minimum Gasteiger partial charge on any atom is -0.444 e. The molecule has 8 nitrogen and oxygen atoms in total. The fraction of sp³-hybridized carbons (Fsp3) is 0.474. The van der Waals surface area contributed by atoms with Crippen LogP contribution in [0.25, 0.3) is 0 Å². The Morgan fingerprint density at radius 2 is 1.67 bits per heavy atom. The van der Waals surface area contributed by atoms with E-state index in [-0.39, 0.29) is 30.0 Å². The molecular formula is C19H24N2O6. The number of hydroxylamine groups is 2. The Morgan fingerprint density at radius 3 is 2.15 bits per heavy atom. The summed E-state index contributed by atoms with van der Waals surface area (Å²) in [6.07, 6.45) is 0.238. The van der Waals surface area contributed by atoms with Crippen molar-refractivity contribution < 1.29 is 28.8 Å². The third-order valence-corrected chi connectivity index (χ3v) is 3.86. The molecule has 1 aliphatic heterocycles. The number of imide groups is 1. The highest BCUT2D eigenvalue weighted by Crippen LogP contribution is 2.23. The molecular weight excluding hydrogens is 352 g/mol. The normalized spacial score (nSPS) is 14.6.